The van der Waals surface area contributed by atoms with E-state index in [0.717, 1.165) is 0 Å². The number of carboxylic acid groups (broad SMARTS) is 1. The number of carbonyl (C=O) groups is 1. The van der Waals surface area contributed by atoms with Crippen LogP contribution < -0.4 is 0 Å². The summed E-state index contributed by atoms with van der Waals surface area (Å²) in [5, 5.41) is 15.5. The number of hydrogen-bond acceptors (Lipinski definition) is 2. The fourth-order valence-electron chi connectivity index (χ4n) is 0.160. The molecule has 2 N–H and O–H groups in total. The van der Waals surface area contributed by atoms with Gasteiger partial charge >= 0.3 is 5.97 Å². The second-order valence-corrected chi connectivity index (χ2v) is 2.56. The van der Waals surface area contributed by atoms with E-state index < -0.39 is 11.4 Å². The Kier molecular flexibility index (Phi) is 1.96. The fraction of sp³-hybridized carbons (Fsp3) is 0.667. The van der Waals surface area contributed by atoms with Crippen molar-refractivity contribution in [2.24, 2.45) is 5.41 Å². The van der Waals surface area contributed by atoms with Crippen molar-refractivity contribution in [3.05, 3.63) is 0 Å². The lowest BCUT2D eigenvalue weighted by Crippen LogP contribution is -2.30. The Morgan fingerprint density at radius 3 is 1.89 bits per heavy atom. The molecule has 0 aliphatic heterocycles. The van der Waals surface area contributed by atoms with Gasteiger partial charge in [0.05, 0.1) is 5.41 Å². The maximum atomic E-state index is 10.3. The Bertz CT molecular complexity index is 133. The van der Waals surface area contributed by atoms with Gasteiger partial charge in [-0.25, -0.2) is 0 Å². The number of hydrogen-bond donors (Lipinski definition) is 2. The van der Waals surface area contributed by atoms with Gasteiger partial charge in [-0.05, 0) is 20.8 Å². The third-order valence-corrected chi connectivity index (χ3v) is 1.47. The van der Waals surface area contributed by atoms with E-state index in [1.165, 1.54) is 20.8 Å². The average molecular weight is 129 g/mol. The lowest BCUT2D eigenvalue weighted by Gasteiger charge is -2.16. The molecule has 0 aliphatic carbocycles. The number of aliphatic carboxylic acids is 1. The van der Waals surface area contributed by atoms with E-state index in [2.05, 4.69) is 0 Å². The van der Waals surface area contributed by atoms with Crippen LogP contribution in [0.3, 0.4) is 0 Å². The van der Waals surface area contributed by atoms with E-state index in [1.54, 1.807) is 0 Å². The molecule has 0 bridgehead atoms. The zero-order valence-electron chi connectivity index (χ0n) is 5.86. The molecule has 9 heavy (non-hydrogen) atoms. The topological polar surface area (TPSA) is 61.2 Å². The van der Waals surface area contributed by atoms with E-state index in [0.29, 0.717) is 0 Å². The highest BCUT2D eigenvalue weighted by molar-refractivity contribution is 6.02. The Morgan fingerprint density at radius 2 is 1.89 bits per heavy atom. The molecular formula is C6H11NO2. The van der Waals surface area contributed by atoms with Crippen molar-refractivity contribution in [1.29, 1.82) is 5.41 Å². The van der Waals surface area contributed by atoms with Crippen LogP contribution in [-0.2, 0) is 4.79 Å². The second kappa shape index (κ2) is 2.17. The predicted octanol–water partition coefficient (Wildman–Crippen LogP) is 1.14. The Hall–Kier alpha value is -0.860. The molecule has 0 saturated heterocycles. The van der Waals surface area contributed by atoms with Crippen molar-refractivity contribution in [3.63, 3.8) is 0 Å². The molecule has 52 valence electrons. The van der Waals surface area contributed by atoms with Crippen molar-refractivity contribution in [1.82, 2.24) is 0 Å². The summed E-state index contributed by atoms with van der Waals surface area (Å²) < 4.78 is 0. The fourth-order valence-corrected chi connectivity index (χ4v) is 0.160. The molecule has 0 aliphatic rings. The highest BCUT2D eigenvalue weighted by atomic mass is 16.4. The molecule has 0 heterocycles. The van der Waals surface area contributed by atoms with Crippen LogP contribution in [0.4, 0.5) is 0 Å². The summed E-state index contributed by atoms with van der Waals surface area (Å²) in [6, 6.07) is 0. The van der Waals surface area contributed by atoms with Crippen LogP contribution in [-0.4, -0.2) is 16.8 Å². The zero-order chi connectivity index (χ0) is 7.65. The smallest absolute Gasteiger partial charge is 0.314 e. The first-order valence-electron chi connectivity index (χ1n) is 2.68. The Labute approximate surface area is 54.2 Å². The van der Waals surface area contributed by atoms with Gasteiger partial charge in [-0.15, -0.1) is 0 Å². The van der Waals surface area contributed by atoms with Gasteiger partial charge in [0.25, 0.3) is 0 Å². The summed E-state index contributed by atoms with van der Waals surface area (Å²) in [5.41, 5.74) is -0.824. The minimum atomic E-state index is -1.00. The third kappa shape index (κ3) is 1.52. The van der Waals surface area contributed by atoms with Crippen molar-refractivity contribution < 1.29 is 9.90 Å². The zero-order valence-corrected chi connectivity index (χ0v) is 5.86. The normalized spacial score (nSPS) is 11.0. The minimum Gasteiger partial charge on any atom is -0.481 e. The van der Waals surface area contributed by atoms with Gasteiger partial charge in [-0.2, -0.15) is 0 Å². The van der Waals surface area contributed by atoms with Crippen molar-refractivity contribution in [3.8, 4) is 0 Å². The molecule has 0 saturated carbocycles. The molecule has 0 radical (unpaired) electrons. The molecule has 3 heteroatoms. The molecule has 0 rings (SSSR count). The standard InChI is InChI=1S/C6H11NO2/c1-4(7)6(2,3)5(8)9/h7H,1-3H3,(H,8,9). The van der Waals surface area contributed by atoms with E-state index in [4.69, 9.17) is 10.5 Å². The van der Waals surface area contributed by atoms with Gasteiger partial charge < -0.3 is 10.5 Å². The van der Waals surface area contributed by atoms with Gasteiger partial charge in [0.15, 0.2) is 0 Å². The Balaban J connectivity index is 4.38. The van der Waals surface area contributed by atoms with E-state index in [1.807, 2.05) is 0 Å². The van der Waals surface area contributed by atoms with E-state index >= 15 is 0 Å². The molecule has 0 fully saturated rings. The molecule has 0 aromatic heterocycles. The first-order chi connectivity index (χ1) is 3.89. The molecule has 0 unspecified atom stereocenters. The maximum Gasteiger partial charge on any atom is 0.314 e. The summed E-state index contributed by atoms with van der Waals surface area (Å²) in [4.78, 5) is 10.3. The number of nitrogens with one attached hydrogen (secondary N) is 1. The van der Waals surface area contributed by atoms with Crippen LogP contribution in [0.2, 0.25) is 0 Å². The van der Waals surface area contributed by atoms with Crippen LogP contribution in [0.25, 0.3) is 0 Å². The van der Waals surface area contributed by atoms with Crippen LogP contribution in [0, 0.1) is 10.8 Å². The van der Waals surface area contributed by atoms with Gasteiger partial charge in [0.1, 0.15) is 0 Å². The van der Waals surface area contributed by atoms with E-state index in [9.17, 15) is 4.79 Å². The first kappa shape index (κ1) is 8.14. The molecular weight excluding hydrogens is 118 g/mol. The molecule has 0 atom stereocenters. The largest absolute Gasteiger partial charge is 0.481 e. The molecule has 0 aromatic carbocycles. The lowest BCUT2D eigenvalue weighted by atomic mass is 9.89. The molecule has 3 nitrogen and oxygen atoms in total. The van der Waals surface area contributed by atoms with Crippen LogP contribution in [0.15, 0.2) is 0 Å². The van der Waals surface area contributed by atoms with Gasteiger partial charge in [0.2, 0.25) is 0 Å². The predicted molar refractivity (Wildman–Crippen MR) is 34.8 cm³/mol. The summed E-state index contributed by atoms with van der Waals surface area (Å²) >= 11 is 0. The molecule has 0 spiro atoms. The summed E-state index contributed by atoms with van der Waals surface area (Å²) in [6.07, 6.45) is 0. The van der Waals surface area contributed by atoms with Crippen molar-refractivity contribution >= 4 is 11.7 Å². The molecule has 0 aromatic rings. The van der Waals surface area contributed by atoms with Gasteiger partial charge in [0, 0.05) is 5.71 Å². The summed E-state index contributed by atoms with van der Waals surface area (Å²) in [5.74, 6) is -0.949. The van der Waals surface area contributed by atoms with Gasteiger partial charge in [-0.3, -0.25) is 4.79 Å². The van der Waals surface area contributed by atoms with Crippen molar-refractivity contribution in [2.45, 2.75) is 20.8 Å². The number of rotatable bonds is 2. The monoisotopic (exact) mass is 129 g/mol. The SMILES string of the molecule is CC(=N)C(C)(C)C(=O)O. The number of carboxylic acids is 1. The molecule has 0 amide bonds. The first-order valence-corrected chi connectivity index (χ1v) is 2.68. The maximum absolute atomic E-state index is 10.3. The highest BCUT2D eigenvalue weighted by Crippen LogP contribution is 2.15. The van der Waals surface area contributed by atoms with E-state index in [-0.39, 0.29) is 5.71 Å². The lowest BCUT2D eigenvalue weighted by molar-refractivity contribution is -0.143. The summed E-state index contributed by atoms with van der Waals surface area (Å²) in [7, 11) is 0. The second-order valence-electron chi connectivity index (χ2n) is 2.56. The average Bonchev–Trinajstić information content (AvgIpc) is 1.65. The summed E-state index contributed by atoms with van der Waals surface area (Å²) in [6.45, 7) is 4.52. The van der Waals surface area contributed by atoms with Crippen LogP contribution in [0.5, 0.6) is 0 Å². The third-order valence-electron chi connectivity index (χ3n) is 1.47. The van der Waals surface area contributed by atoms with Gasteiger partial charge in [-0.1, -0.05) is 0 Å². The van der Waals surface area contributed by atoms with Crippen LogP contribution >= 0.6 is 0 Å². The van der Waals surface area contributed by atoms with Crippen molar-refractivity contribution in [2.75, 3.05) is 0 Å². The quantitative estimate of drug-likeness (QED) is 0.549. The highest BCUT2D eigenvalue weighted by Gasteiger charge is 2.29. The minimum absolute atomic E-state index is 0.176. The Morgan fingerprint density at radius 1 is 1.56 bits per heavy atom. The van der Waals surface area contributed by atoms with Crippen LogP contribution in [0.1, 0.15) is 20.8 Å².